The zero-order valence-electron chi connectivity index (χ0n) is 14.2. The highest BCUT2D eigenvalue weighted by atomic mass is 32.1. The van der Waals surface area contributed by atoms with Crippen LogP contribution in [0.2, 0.25) is 0 Å². The molecule has 0 saturated carbocycles. The molecule has 4 rings (SSSR count). The molecule has 0 bridgehead atoms. The van der Waals surface area contributed by atoms with Crippen molar-refractivity contribution in [2.45, 2.75) is 18.8 Å². The largest absolute Gasteiger partial charge is 0.495 e. The highest BCUT2D eigenvalue weighted by Crippen LogP contribution is 2.37. The Morgan fingerprint density at radius 3 is 2.69 bits per heavy atom. The number of nitrogen functional groups attached to an aromatic ring is 1. The van der Waals surface area contributed by atoms with Crippen LogP contribution in [0.15, 0.2) is 30.5 Å². The van der Waals surface area contributed by atoms with E-state index in [-0.39, 0.29) is 12.8 Å². The Kier molecular flexibility index (Phi) is 4.14. The summed E-state index contributed by atoms with van der Waals surface area (Å²) in [5, 5.41) is 0.858. The van der Waals surface area contributed by atoms with E-state index in [1.807, 2.05) is 23.1 Å². The Morgan fingerprint density at radius 2 is 1.96 bits per heavy atom. The minimum atomic E-state index is -2.56. The Morgan fingerprint density at radius 1 is 1.19 bits per heavy atom. The molecule has 2 aromatic heterocycles. The molecule has 0 unspecified atom stereocenters. The quantitative estimate of drug-likeness (QED) is 0.695. The van der Waals surface area contributed by atoms with E-state index in [2.05, 4.69) is 9.36 Å². The van der Waals surface area contributed by atoms with E-state index in [0.29, 0.717) is 24.5 Å². The highest BCUT2D eigenvalue weighted by molar-refractivity contribution is 7.11. The predicted octanol–water partition coefficient (Wildman–Crippen LogP) is 4.18. The van der Waals surface area contributed by atoms with Crippen LogP contribution in [0.3, 0.4) is 0 Å². The van der Waals surface area contributed by atoms with Crippen LogP contribution in [-0.2, 0) is 0 Å². The van der Waals surface area contributed by atoms with Gasteiger partial charge in [0.25, 0.3) is 5.92 Å². The van der Waals surface area contributed by atoms with E-state index in [9.17, 15) is 8.78 Å². The van der Waals surface area contributed by atoms with Gasteiger partial charge < -0.3 is 15.4 Å². The number of pyridine rings is 1. The minimum absolute atomic E-state index is 0.129. The van der Waals surface area contributed by atoms with Crippen LogP contribution in [0, 0.1) is 0 Å². The molecule has 1 aliphatic rings. The number of benzene rings is 1. The Bertz CT molecular complexity index is 950. The van der Waals surface area contributed by atoms with Crippen LogP contribution in [0.1, 0.15) is 12.8 Å². The lowest BCUT2D eigenvalue weighted by Gasteiger charge is -2.32. The van der Waals surface area contributed by atoms with Gasteiger partial charge in [0, 0.05) is 37.7 Å². The summed E-state index contributed by atoms with van der Waals surface area (Å²) in [6.07, 6.45) is 1.51. The number of fused-ring (bicyclic) bond motifs is 1. The molecule has 136 valence electrons. The first kappa shape index (κ1) is 17.0. The zero-order valence-corrected chi connectivity index (χ0v) is 15.0. The summed E-state index contributed by atoms with van der Waals surface area (Å²) >= 11 is 1.31. The van der Waals surface area contributed by atoms with Gasteiger partial charge in [0.1, 0.15) is 21.8 Å². The second-order valence-corrected chi connectivity index (χ2v) is 7.13. The third kappa shape index (κ3) is 3.05. The van der Waals surface area contributed by atoms with Gasteiger partial charge in [-0.1, -0.05) is 6.07 Å². The van der Waals surface area contributed by atoms with Crippen molar-refractivity contribution in [1.29, 1.82) is 0 Å². The van der Waals surface area contributed by atoms with Crippen LogP contribution in [0.25, 0.3) is 22.2 Å². The second-order valence-electron chi connectivity index (χ2n) is 6.38. The number of rotatable bonds is 3. The lowest BCUT2D eigenvalue weighted by atomic mass is 10.1. The monoisotopic (exact) mass is 376 g/mol. The van der Waals surface area contributed by atoms with E-state index in [4.69, 9.17) is 10.5 Å². The third-order valence-corrected chi connectivity index (χ3v) is 5.56. The molecule has 0 atom stereocenters. The number of hydrogen-bond donors (Lipinski definition) is 1. The summed E-state index contributed by atoms with van der Waals surface area (Å²) in [6, 6.07) is 7.50. The van der Waals surface area contributed by atoms with Crippen LogP contribution in [0.5, 0.6) is 5.75 Å². The summed E-state index contributed by atoms with van der Waals surface area (Å²) in [7, 11) is 1.58. The molecule has 1 saturated heterocycles. The number of alkyl halides is 2. The normalized spacial score (nSPS) is 16.8. The molecule has 0 spiro atoms. The number of piperidine rings is 1. The van der Waals surface area contributed by atoms with Gasteiger partial charge in [-0.2, -0.15) is 4.37 Å². The van der Waals surface area contributed by atoms with Gasteiger partial charge in [-0.3, -0.25) is 4.98 Å². The fourth-order valence-electron chi connectivity index (χ4n) is 3.12. The smallest absolute Gasteiger partial charge is 0.251 e. The maximum Gasteiger partial charge on any atom is 0.251 e. The number of nitrogens with zero attached hydrogens (tertiary/aromatic N) is 3. The molecule has 0 amide bonds. The van der Waals surface area contributed by atoms with Crippen molar-refractivity contribution in [2.75, 3.05) is 30.8 Å². The molecular formula is C18H18F2N4OS. The summed E-state index contributed by atoms with van der Waals surface area (Å²) < 4.78 is 36.5. The maximum atomic E-state index is 13.4. The standard InChI is InChI=1S/C18H18F2N4OS/c1-25-15-9-11(2-3-13(15)21)12-8-14-16(22-10-12)17(26-23-14)24-6-4-18(19,20)5-7-24/h2-3,8-10H,4-7,21H2,1H3. The number of hydrogen-bond acceptors (Lipinski definition) is 6. The van der Waals surface area contributed by atoms with Gasteiger partial charge in [-0.05, 0) is 35.3 Å². The topological polar surface area (TPSA) is 64.3 Å². The Labute approximate surface area is 153 Å². The first-order valence-electron chi connectivity index (χ1n) is 8.29. The van der Waals surface area contributed by atoms with Crippen molar-refractivity contribution >= 4 is 33.3 Å². The summed E-state index contributed by atoms with van der Waals surface area (Å²) in [5.74, 6) is -1.96. The van der Waals surface area contributed by atoms with Gasteiger partial charge in [-0.25, -0.2) is 8.78 Å². The summed E-state index contributed by atoms with van der Waals surface area (Å²) in [4.78, 5) is 6.51. The van der Waals surface area contributed by atoms with Gasteiger partial charge in [-0.15, -0.1) is 0 Å². The lowest BCUT2D eigenvalue weighted by Crippen LogP contribution is -2.39. The molecule has 3 heterocycles. The maximum absolute atomic E-state index is 13.4. The van der Waals surface area contributed by atoms with Crippen LogP contribution in [0.4, 0.5) is 19.5 Å². The molecule has 0 radical (unpaired) electrons. The minimum Gasteiger partial charge on any atom is -0.495 e. The molecule has 1 fully saturated rings. The molecule has 8 heteroatoms. The SMILES string of the molecule is COc1cc(-c2cnc3c(N4CCC(F)(F)CC4)snc3c2)ccc1N. The van der Waals surface area contributed by atoms with Crippen molar-refractivity contribution in [3.63, 3.8) is 0 Å². The van der Waals surface area contributed by atoms with Crippen molar-refractivity contribution in [3.05, 3.63) is 30.5 Å². The van der Waals surface area contributed by atoms with E-state index >= 15 is 0 Å². The number of aromatic nitrogens is 2. The Hall–Kier alpha value is -2.48. The third-order valence-electron chi connectivity index (χ3n) is 4.65. The average molecular weight is 376 g/mol. The molecule has 26 heavy (non-hydrogen) atoms. The van der Waals surface area contributed by atoms with Gasteiger partial charge in [0.15, 0.2) is 0 Å². The fraction of sp³-hybridized carbons (Fsp3) is 0.333. The lowest BCUT2D eigenvalue weighted by molar-refractivity contribution is -0.0219. The second kappa shape index (κ2) is 6.35. The molecule has 1 aromatic carbocycles. The van der Waals surface area contributed by atoms with Gasteiger partial charge in [0.05, 0.1) is 12.8 Å². The number of halogens is 2. The molecule has 5 nitrogen and oxygen atoms in total. The van der Waals surface area contributed by atoms with E-state index in [1.165, 1.54) is 11.5 Å². The van der Waals surface area contributed by atoms with Gasteiger partial charge in [0.2, 0.25) is 0 Å². The summed E-state index contributed by atoms with van der Waals surface area (Å²) in [5.41, 5.74) is 9.78. The van der Waals surface area contributed by atoms with E-state index in [1.54, 1.807) is 19.4 Å². The van der Waals surface area contributed by atoms with Crippen molar-refractivity contribution in [2.24, 2.45) is 0 Å². The molecule has 3 aromatic rings. The number of nitrogens with two attached hydrogens (primary N) is 1. The van der Waals surface area contributed by atoms with Crippen molar-refractivity contribution in [3.8, 4) is 16.9 Å². The fourth-order valence-corrected chi connectivity index (χ4v) is 3.98. The number of ether oxygens (including phenoxy) is 1. The average Bonchev–Trinajstić information content (AvgIpc) is 3.05. The first-order valence-corrected chi connectivity index (χ1v) is 9.06. The van der Waals surface area contributed by atoms with E-state index < -0.39 is 5.92 Å². The first-order chi connectivity index (χ1) is 12.5. The van der Waals surface area contributed by atoms with Crippen LogP contribution >= 0.6 is 11.5 Å². The van der Waals surface area contributed by atoms with Crippen LogP contribution < -0.4 is 15.4 Å². The van der Waals surface area contributed by atoms with Gasteiger partial charge >= 0.3 is 0 Å². The molecule has 0 aliphatic carbocycles. The molecule has 2 N–H and O–H groups in total. The van der Waals surface area contributed by atoms with E-state index in [0.717, 1.165) is 27.2 Å². The van der Waals surface area contributed by atoms with Crippen LogP contribution in [-0.4, -0.2) is 35.5 Å². The zero-order chi connectivity index (χ0) is 18.3. The molecule has 1 aliphatic heterocycles. The van der Waals surface area contributed by atoms with Crippen molar-refractivity contribution in [1.82, 2.24) is 9.36 Å². The highest BCUT2D eigenvalue weighted by Gasteiger charge is 2.35. The number of anilines is 2. The van der Waals surface area contributed by atoms with Crippen molar-refractivity contribution < 1.29 is 13.5 Å². The summed E-state index contributed by atoms with van der Waals surface area (Å²) in [6.45, 7) is 0.645. The Balaban J connectivity index is 1.66. The number of methoxy groups -OCH3 is 1. The molecular weight excluding hydrogens is 358 g/mol. The predicted molar refractivity (Wildman–Crippen MR) is 100 cm³/mol.